The van der Waals surface area contributed by atoms with E-state index in [0.717, 1.165) is 43.3 Å². The Labute approximate surface area is 146 Å². The molecule has 0 atom stereocenters. The van der Waals surface area contributed by atoms with Crippen molar-refractivity contribution in [3.63, 3.8) is 0 Å². The molecule has 0 N–H and O–H groups in total. The quantitative estimate of drug-likeness (QED) is 0.737. The molecule has 0 bridgehead atoms. The number of aromatic nitrogens is 1. The van der Waals surface area contributed by atoms with Gasteiger partial charge in [-0.2, -0.15) is 0 Å². The number of aryl methyl sites for hydroxylation is 1. The second-order valence-electron chi connectivity index (χ2n) is 6.41. The van der Waals surface area contributed by atoms with E-state index in [-0.39, 0.29) is 5.43 Å². The van der Waals surface area contributed by atoms with Crippen molar-refractivity contribution in [1.29, 1.82) is 0 Å². The number of piperazine rings is 1. The fourth-order valence-electron chi connectivity index (χ4n) is 3.37. The topological polar surface area (TPSA) is 49.6 Å². The first kappa shape index (κ1) is 15.8. The van der Waals surface area contributed by atoms with Crippen LogP contribution in [0.5, 0.6) is 0 Å². The fourth-order valence-corrected chi connectivity index (χ4v) is 3.37. The Morgan fingerprint density at radius 1 is 1.04 bits per heavy atom. The SMILES string of the molecule is Cc1oc2ccccc2c(=O)c1CN1CCN(c2ccccn2)CC1. The van der Waals surface area contributed by atoms with E-state index in [1.165, 1.54) is 0 Å². The molecule has 5 heteroatoms. The standard InChI is InChI=1S/C20H21N3O2/c1-15-17(20(24)16-6-2-3-7-18(16)25-15)14-22-10-12-23(13-11-22)19-8-4-5-9-21-19/h2-9H,10-14H2,1H3. The van der Waals surface area contributed by atoms with Gasteiger partial charge in [-0.05, 0) is 31.2 Å². The number of nitrogens with zero attached hydrogens (tertiary/aromatic N) is 3. The van der Waals surface area contributed by atoms with Crippen molar-refractivity contribution in [1.82, 2.24) is 9.88 Å². The van der Waals surface area contributed by atoms with Gasteiger partial charge in [0.05, 0.1) is 10.9 Å². The van der Waals surface area contributed by atoms with Crippen LogP contribution in [-0.4, -0.2) is 36.1 Å². The maximum Gasteiger partial charge on any atom is 0.197 e. The molecule has 3 heterocycles. The lowest BCUT2D eigenvalue weighted by Crippen LogP contribution is -2.46. The van der Waals surface area contributed by atoms with Gasteiger partial charge in [0.1, 0.15) is 17.2 Å². The molecule has 128 valence electrons. The molecule has 2 aromatic heterocycles. The molecule has 0 unspecified atom stereocenters. The number of para-hydroxylation sites is 1. The molecule has 0 saturated carbocycles. The zero-order valence-corrected chi connectivity index (χ0v) is 14.3. The van der Waals surface area contributed by atoms with Gasteiger partial charge in [0, 0.05) is 38.9 Å². The summed E-state index contributed by atoms with van der Waals surface area (Å²) in [6, 6.07) is 13.4. The molecule has 1 aliphatic heterocycles. The van der Waals surface area contributed by atoms with Crippen LogP contribution in [0.15, 0.2) is 57.9 Å². The van der Waals surface area contributed by atoms with Gasteiger partial charge < -0.3 is 9.32 Å². The minimum Gasteiger partial charge on any atom is -0.461 e. The summed E-state index contributed by atoms with van der Waals surface area (Å²) in [7, 11) is 0. The van der Waals surface area contributed by atoms with Crippen molar-refractivity contribution in [3.05, 3.63) is 70.2 Å². The highest BCUT2D eigenvalue weighted by Gasteiger charge is 2.20. The molecule has 4 rings (SSSR count). The third-order valence-corrected chi connectivity index (χ3v) is 4.82. The van der Waals surface area contributed by atoms with Gasteiger partial charge >= 0.3 is 0 Å². The summed E-state index contributed by atoms with van der Waals surface area (Å²) in [6.07, 6.45) is 1.82. The second kappa shape index (κ2) is 6.69. The summed E-state index contributed by atoms with van der Waals surface area (Å²) in [6.45, 7) is 6.15. The Hall–Kier alpha value is -2.66. The maximum absolute atomic E-state index is 12.8. The predicted octanol–water partition coefficient (Wildman–Crippen LogP) is 2.82. The fraction of sp³-hybridized carbons (Fsp3) is 0.300. The lowest BCUT2D eigenvalue weighted by Gasteiger charge is -2.35. The van der Waals surface area contributed by atoms with Crippen molar-refractivity contribution in [3.8, 4) is 0 Å². The highest BCUT2D eigenvalue weighted by Crippen LogP contribution is 2.18. The van der Waals surface area contributed by atoms with Crippen molar-refractivity contribution < 1.29 is 4.42 Å². The van der Waals surface area contributed by atoms with Crippen molar-refractivity contribution >= 4 is 16.8 Å². The van der Waals surface area contributed by atoms with Crippen LogP contribution < -0.4 is 10.3 Å². The first-order chi connectivity index (χ1) is 12.2. The van der Waals surface area contributed by atoms with Crippen LogP contribution in [-0.2, 0) is 6.54 Å². The Bertz CT molecular complexity index is 929. The van der Waals surface area contributed by atoms with Crippen LogP contribution in [0.25, 0.3) is 11.0 Å². The molecule has 5 nitrogen and oxygen atoms in total. The molecule has 0 spiro atoms. The number of anilines is 1. The van der Waals surface area contributed by atoms with Crippen LogP contribution in [0, 0.1) is 6.92 Å². The van der Waals surface area contributed by atoms with E-state index in [4.69, 9.17) is 4.42 Å². The van der Waals surface area contributed by atoms with Crippen LogP contribution in [0.2, 0.25) is 0 Å². The second-order valence-corrected chi connectivity index (χ2v) is 6.41. The molecule has 1 fully saturated rings. The average Bonchev–Trinajstić information content (AvgIpc) is 2.66. The number of hydrogen-bond acceptors (Lipinski definition) is 5. The summed E-state index contributed by atoms with van der Waals surface area (Å²) in [5, 5.41) is 0.662. The number of benzene rings is 1. The Morgan fingerprint density at radius 2 is 1.80 bits per heavy atom. The van der Waals surface area contributed by atoms with Crippen LogP contribution in [0.4, 0.5) is 5.82 Å². The Morgan fingerprint density at radius 3 is 2.56 bits per heavy atom. The molecule has 1 saturated heterocycles. The third-order valence-electron chi connectivity index (χ3n) is 4.82. The van der Waals surface area contributed by atoms with Crippen molar-refractivity contribution in [2.45, 2.75) is 13.5 Å². The third kappa shape index (κ3) is 3.15. The van der Waals surface area contributed by atoms with Gasteiger partial charge in [-0.3, -0.25) is 9.69 Å². The highest BCUT2D eigenvalue weighted by molar-refractivity contribution is 5.77. The van der Waals surface area contributed by atoms with Crippen molar-refractivity contribution in [2.75, 3.05) is 31.1 Å². The summed E-state index contributed by atoms with van der Waals surface area (Å²) in [5.74, 6) is 1.74. The Kier molecular flexibility index (Phi) is 4.24. The number of rotatable bonds is 3. The van der Waals surface area contributed by atoms with Gasteiger partial charge in [-0.15, -0.1) is 0 Å². The minimum absolute atomic E-state index is 0.0894. The van der Waals surface area contributed by atoms with E-state index in [9.17, 15) is 4.79 Å². The summed E-state index contributed by atoms with van der Waals surface area (Å²) in [4.78, 5) is 21.8. The summed E-state index contributed by atoms with van der Waals surface area (Å²) in [5.41, 5.74) is 1.52. The number of pyridine rings is 1. The number of hydrogen-bond donors (Lipinski definition) is 0. The molecule has 0 aliphatic carbocycles. The van der Waals surface area contributed by atoms with Gasteiger partial charge in [-0.1, -0.05) is 18.2 Å². The molecule has 0 radical (unpaired) electrons. The van der Waals surface area contributed by atoms with Crippen LogP contribution >= 0.6 is 0 Å². The van der Waals surface area contributed by atoms with Gasteiger partial charge in [0.2, 0.25) is 0 Å². The molecular formula is C20H21N3O2. The summed E-state index contributed by atoms with van der Waals surface area (Å²) < 4.78 is 5.86. The molecule has 1 aromatic carbocycles. The lowest BCUT2D eigenvalue weighted by atomic mass is 10.1. The monoisotopic (exact) mass is 335 g/mol. The predicted molar refractivity (Wildman–Crippen MR) is 98.9 cm³/mol. The van der Waals surface area contributed by atoms with Gasteiger partial charge in [0.25, 0.3) is 0 Å². The normalized spacial score (nSPS) is 15.6. The maximum atomic E-state index is 12.8. The van der Waals surface area contributed by atoms with Gasteiger partial charge in [0.15, 0.2) is 5.43 Å². The van der Waals surface area contributed by atoms with Crippen molar-refractivity contribution in [2.24, 2.45) is 0 Å². The largest absolute Gasteiger partial charge is 0.461 e. The lowest BCUT2D eigenvalue weighted by molar-refractivity contribution is 0.246. The molecule has 0 amide bonds. The Balaban J connectivity index is 1.51. The average molecular weight is 335 g/mol. The summed E-state index contributed by atoms with van der Waals surface area (Å²) >= 11 is 0. The molecular weight excluding hydrogens is 314 g/mol. The van der Waals surface area contributed by atoms with E-state index in [2.05, 4.69) is 14.8 Å². The van der Waals surface area contributed by atoms with Gasteiger partial charge in [-0.25, -0.2) is 4.98 Å². The zero-order chi connectivity index (χ0) is 17.2. The van der Waals surface area contributed by atoms with E-state index in [1.54, 1.807) is 0 Å². The van der Waals surface area contributed by atoms with E-state index in [0.29, 0.717) is 17.5 Å². The van der Waals surface area contributed by atoms with E-state index >= 15 is 0 Å². The zero-order valence-electron chi connectivity index (χ0n) is 14.3. The smallest absolute Gasteiger partial charge is 0.197 e. The minimum atomic E-state index is 0.0894. The molecule has 3 aromatic rings. The van der Waals surface area contributed by atoms with Crippen LogP contribution in [0.3, 0.4) is 0 Å². The van der Waals surface area contributed by atoms with E-state index < -0.39 is 0 Å². The van der Waals surface area contributed by atoms with Crippen LogP contribution in [0.1, 0.15) is 11.3 Å². The number of fused-ring (bicyclic) bond motifs is 1. The molecule has 25 heavy (non-hydrogen) atoms. The first-order valence-electron chi connectivity index (χ1n) is 8.62. The first-order valence-corrected chi connectivity index (χ1v) is 8.62. The van der Waals surface area contributed by atoms with E-state index in [1.807, 2.05) is 55.6 Å². The highest BCUT2D eigenvalue weighted by atomic mass is 16.3. The molecule has 1 aliphatic rings.